The van der Waals surface area contributed by atoms with E-state index in [1.54, 1.807) is 7.11 Å². The summed E-state index contributed by atoms with van der Waals surface area (Å²) in [6, 6.07) is 5.76. The number of nitrogens with zero attached hydrogens (tertiary/aromatic N) is 2. The SMILES string of the molecule is COc1cccc2c1[nH]c(=O)n2CCN1CCCCC1. The van der Waals surface area contributed by atoms with E-state index in [0.717, 1.165) is 43.0 Å². The average Bonchev–Trinajstić information content (AvgIpc) is 2.81. The molecule has 5 nitrogen and oxygen atoms in total. The second-order valence-electron chi connectivity index (χ2n) is 5.34. The lowest BCUT2D eigenvalue weighted by molar-refractivity contribution is 0.221. The number of aromatic nitrogens is 2. The number of ether oxygens (including phenoxy) is 1. The summed E-state index contributed by atoms with van der Waals surface area (Å²) in [7, 11) is 1.62. The van der Waals surface area contributed by atoms with Gasteiger partial charge in [-0.05, 0) is 38.1 Å². The molecule has 0 spiro atoms. The van der Waals surface area contributed by atoms with Gasteiger partial charge in [0.25, 0.3) is 0 Å². The highest BCUT2D eigenvalue weighted by molar-refractivity contribution is 5.81. The smallest absolute Gasteiger partial charge is 0.326 e. The molecule has 108 valence electrons. The number of fused-ring (bicyclic) bond motifs is 1. The number of piperidine rings is 1. The minimum atomic E-state index is -0.0542. The van der Waals surface area contributed by atoms with Gasteiger partial charge in [-0.2, -0.15) is 0 Å². The molecule has 3 rings (SSSR count). The molecule has 0 unspecified atom stereocenters. The van der Waals surface area contributed by atoms with Gasteiger partial charge >= 0.3 is 5.69 Å². The maximum Gasteiger partial charge on any atom is 0.326 e. The minimum absolute atomic E-state index is 0.0542. The number of likely N-dealkylation sites (tertiary alicyclic amines) is 1. The highest BCUT2D eigenvalue weighted by atomic mass is 16.5. The fourth-order valence-corrected chi connectivity index (χ4v) is 2.97. The second-order valence-corrected chi connectivity index (χ2v) is 5.34. The first-order valence-electron chi connectivity index (χ1n) is 7.27. The molecule has 1 aromatic heterocycles. The molecule has 0 amide bonds. The van der Waals surface area contributed by atoms with Crippen LogP contribution in [0.5, 0.6) is 5.75 Å². The van der Waals surface area contributed by atoms with Crippen molar-refractivity contribution in [2.24, 2.45) is 0 Å². The van der Waals surface area contributed by atoms with Crippen molar-refractivity contribution < 1.29 is 4.74 Å². The maximum absolute atomic E-state index is 12.1. The highest BCUT2D eigenvalue weighted by Crippen LogP contribution is 2.22. The number of hydrogen-bond acceptors (Lipinski definition) is 3. The van der Waals surface area contributed by atoms with Crippen LogP contribution in [0.25, 0.3) is 11.0 Å². The van der Waals surface area contributed by atoms with Crippen LogP contribution in [0.3, 0.4) is 0 Å². The van der Waals surface area contributed by atoms with Gasteiger partial charge in [-0.1, -0.05) is 12.5 Å². The molecule has 1 N–H and O–H groups in total. The molecule has 5 heteroatoms. The van der Waals surface area contributed by atoms with Crippen molar-refractivity contribution in [1.82, 2.24) is 14.5 Å². The van der Waals surface area contributed by atoms with Crippen LogP contribution >= 0.6 is 0 Å². The van der Waals surface area contributed by atoms with Crippen LogP contribution in [0.1, 0.15) is 19.3 Å². The van der Waals surface area contributed by atoms with Crippen molar-refractivity contribution in [2.45, 2.75) is 25.8 Å². The van der Waals surface area contributed by atoms with Crippen LogP contribution in [0.4, 0.5) is 0 Å². The predicted molar refractivity (Wildman–Crippen MR) is 79.4 cm³/mol. The Labute approximate surface area is 118 Å². The van der Waals surface area contributed by atoms with Gasteiger partial charge in [0.2, 0.25) is 0 Å². The Balaban J connectivity index is 1.84. The Morgan fingerprint density at radius 2 is 2.00 bits per heavy atom. The summed E-state index contributed by atoms with van der Waals surface area (Å²) in [5, 5.41) is 0. The summed E-state index contributed by atoms with van der Waals surface area (Å²) in [5.74, 6) is 0.719. The lowest BCUT2D eigenvalue weighted by Gasteiger charge is -2.26. The van der Waals surface area contributed by atoms with E-state index in [-0.39, 0.29) is 5.69 Å². The van der Waals surface area contributed by atoms with Crippen molar-refractivity contribution in [3.8, 4) is 5.75 Å². The first-order chi connectivity index (χ1) is 9.79. The lowest BCUT2D eigenvalue weighted by Crippen LogP contribution is -2.34. The van der Waals surface area contributed by atoms with Crippen molar-refractivity contribution >= 4 is 11.0 Å². The van der Waals surface area contributed by atoms with Gasteiger partial charge in [-0.25, -0.2) is 4.79 Å². The van der Waals surface area contributed by atoms with E-state index in [0.29, 0.717) is 0 Å². The zero-order chi connectivity index (χ0) is 13.9. The summed E-state index contributed by atoms with van der Waals surface area (Å²) in [6.45, 7) is 3.97. The number of hydrogen-bond donors (Lipinski definition) is 1. The average molecular weight is 275 g/mol. The zero-order valence-corrected chi connectivity index (χ0v) is 11.9. The van der Waals surface area contributed by atoms with E-state index < -0.39 is 0 Å². The lowest BCUT2D eigenvalue weighted by atomic mass is 10.1. The third kappa shape index (κ3) is 2.45. The topological polar surface area (TPSA) is 50.3 Å². The van der Waals surface area contributed by atoms with Crippen molar-refractivity contribution in [2.75, 3.05) is 26.7 Å². The number of benzene rings is 1. The van der Waals surface area contributed by atoms with E-state index in [1.165, 1.54) is 19.3 Å². The Morgan fingerprint density at radius 3 is 2.75 bits per heavy atom. The summed E-state index contributed by atoms with van der Waals surface area (Å²) >= 11 is 0. The van der Waals surface area contributed by atoms with E-state index in [2.05, 4.69) is 9.88 Å². The van der Waals surface area contributed by atoms with Gasteiger partial charge in [0.05, 0.1) is 12.6 Å². The summed E-state index contributed by atoms with van der Waals surface area (Å²) in [4.78, 5) is 17.5. The molecule has 0 radical (unpaired) electrons. The molecule has 1 fully saturated rings. The van der Waals surface area contributed by atoms with Crippen molar-refractivity contribution in [3.05, 3.63) is 28.7 Å². The highest BCUT2D eigenvalue weighted by Gasteiger charge is 2.13. The number of para-hydroxylation sites is 1. The molecule has 1 aliphatic rings. The van der Waals surface area contributed by atoms with Gasteiger partial charge < -0.3 is 14.6 Å². The molecule has 1 aromatic carbocycles. The summed E-state index contributed by atoms with van der Waals surface area (Å²) in [6.07, 6.45) is 3.88. The molecule has 0 atom stereocenters. The Kier molecular flexibility index (Phi) is 3.78. The Bertz CT molecular complexity index is 638. The van der Waals surface area contributed by atoms with E-state index in [9.17, 15) is 4.79 Å². The molecule has 0 bridgehead atoms. The number of imidazole rings is 1. The zero-order valence-electron chi connectivity index (χ0n) is 11.9. The monoisotopic (exact) mass is 275 g/mol. The molecule has 1 saturated heterocycles. The van der Waals surface area contributed by atoms with Crippen LogP contribution in [0.15, 0.2) is 23.0 Å². The van der Waals surface area contributed by atoms with Gasteiger partial charge in [-0.3, -0.25) is 4.57 Å². The van der Waals surface area contributed by atoms with E-state index in [4.69, 9.17) is 4.74 Å². The number of methoxy groups -OCH3 is 1. The van der Waals surface area contributed by atoms with Gasteiger partial charge in [0.1, 0.15) is 11.3 Å². The third-order valence-electron chi connectivity index (χ3n) is 4.08. The van der Waals surface area contributed by atoms with Gasteiger partial charge in [-0.15, -0.1) is 0 Å². The molecule has 0 aliphatic carbocycles. The van der Waals surface area contributed by atoms with Crippen molar-refractivity contribution in [3.63, 3.8) is 0 Å². The first-order valence-corrected chi connectivity index (χ1v) is 7.27. The summed E-state index contributed by atoms with van der Waals surface area (Å²) in [5.41, 5.74) is 1.66. The van der Waals surface area contributed by atoms with Gasteiger partial charge in [0, 0.05) is 13.1 Å². The Morgan fingerprint density at radius 1 is 1.20 bits per heavy atom. The normalized spacial score (nSPS) is 16.6. The number of nitrogens with one attached hydrogen (secondary N) is 1. The van der Waals surface area contributed by atoms with Crippen LogP contribution < -0.4 is 10.4 Å². The van der Waals surface area contributed by atoms with Crippen LogP contribution in [-0.4, -0.2) is 41.2 Å². The number of rotatable bonds is 4. The molecule has 1 aliphatic heterocycles. The maximum atomic E-state index is 12.1. The van der Waals surface area contributed by atoms with E-state index >= 15 is 0 Å². The third-order valence-corrected chi connectivity index (χ3v) is 4.08. The fourth-order valence-electron chi connectivity index (χ4n) is 2.97. The molecule has 2 heterocycles. The number of aromatic amines is 1. The molecular formula is C15H21N3O2. The van der Waals surface area contributed by atoms with Crippen LogP contribution in [0, 0.1) is 0 Å². The summed E-state index contributed by atoms with van der Waals surface area (Å²) < 4.78 is 7.11. The molecular weight excluding hydrogens is 254 g/mol. The van der Waals surface area contributed by atoms with Crippen LogP contribution in [0.2, 0.25) is 0 Å². The minimum Gasteiger partial charge on any atom is -0.494 e. The molecule has 2 aromatic rings. The molecule has 20 heavy (non-hydrogen) atoms. The van der Waals surface area contributed by atoms with Crippen molar-refractivity contribution in [1.29, 1.82) is 0 Å². The van der Waals surface area contributed by atoms with Gasteiger partial charge in [0.15, 0.2) is 0 Å². The second kappa shape index (κ2) is 5.71. The fraction of sp³-hybridized carbons (Fsp3) is 0.533. The number of H-pyrrole nitrogens is 1. The first kappa shape index (κ1) is 13.2. The predicted octanol–water partition coefficient (Wildman–Crippen LogP) is 1.82. The molecule has 0 saturated carbocycles. The Hall–Kier alpha value is -1.75. The van der Waals surface area contributed by atoms with E-state index in [1.807, 2.05) is 22.8 Å². The largest absolute Gasteiger partial charge is 0.494 e. The van der Waals surface area contributed by atoms with Crippen LogP contribution in [-0.2, 0) is 6.54 Å². The quantitative estimate of drug-likeness (QED) is 0.926. The standard InChI is InChI=1S/C15H21N3O2/c1-20-13-7-5-6-12-14(13)16-15(19)18(12)11-10-17-8-3-2-4-9-17/h5-7H,2-4,8-11H2,1H3,(H,16,19).